The predicted octanol–water partition coefficient (Wildman–Crippen LogP) is 6.30. The molecule has 4 aromatic carbocycles. The molecule has 0 saturated carbocycles. The maximum Gasteiger partial charge on any atom is 0.373 e. The molecule has 182 valence electrons. The maximum absolute atomic E-state index is 13.0. The van der Waals surface area contributed by atoms with Gasteiger partial charge < -0.3 is 10.1 Å². The van der Waals surface area contributed by atoms with Crippen LogP contribution in [0.15, 0.2) is 121 Å². The van der Waals surface area contributed by atoms with E-state index in [1.54, 1.807) is 0 Å². The third-order valence-electron chi connectivity index (χ3n) is 6.34. The minimum atomic E-state index is -0.269. The number of hydrogen-bond acceptors (Lipinski definition) is 3. The molecule has 0 saturated heterocycles. The van der Waals surface area contributed by atoms with Crippen molar-refractivity contribution in [2.45, 2.75) is 13.2 Å². The van der Waals surface area contributed by atoms with Gasteiger partial charge in [-0.25, -0.2) is 4.79 Å². The summed E-state index contributed by atoms with van der Waals surface area (Å²) in [5.74, 6) is -0.269. The molecule has 0 aliphatic rings. The number of benzene rings is 4. The van der Waals surface area contributed by atoms with Gasteiger partial charge in [-0.05, 0) is 47.2 Å². The monoisotopic (exact) mass is 485 g/mol. The predicted molar refractivity (Wildman–Crippen MR) is 150 cm³/mol. The van der Waals surface area contributed by atoms with Crippen molar-refractivity contribution < 1.29 is 14.1 Å². The number of hydrogen-bond donors (Lipinski definition) is 1. The number of allylic oxidation sites excluding steroid dienone is 2. The second kappa shape index (κ2) is 11.4. The highest BCUT2D eigenvalue weighted by molar-refractivity contribution is 6.05. The van der Waals surface area contributed by atoms with Crippen LogP contribution in [-0.2, 0) is 22.7 Å². The molecule has 0 aliphatic heterocycles. The Balaban J connectivity index is 1.62. The average molecular weight is 486 g/mol. The molecular formula is C33H29N2O2+. The lowest BCUT2D eigenvalue weighted by molar-refractivity contribution is -0.633. The molecule has 37 heavy (non-hydrogen) atoms. The van der Waals surface area contributed by atoms with E-state index in [1.165, 1.54) is 0 Å². The number of carbonyl (C=O) groups excluding carboxylic acids is 1. The molecule has 0 amide bonds. The first-order valence-electron chi connectivity index (χ1n) is 12.4. The Hall–Kier alpha value is -4.70. The van der Waals surface area contributed by atoms with Gasteiger partial charge in [0.15, 0.2) is 0 Å². The van der Waals surface area contributed by atoms with E-state index in [2.05, 4.69) is 58.4 Å². The Bertz CT molecular complexity index is 1530. The molecule has 0 atom stereocenters. The fraction of sp³-hybridized carbons (Fsp3) is 0.0909. The van der Waals surface area contributed by atoms with Crippen LogP contribution in [0.1, 0.15) is 16.7 Å². The van der Waals surface area contributed by atoms with Crippen molar-refractivity contribution in [3.05, 3.63) is 138 Å². The van der Waals surface area contributed by atoms with Crippen LogP contribution in [0.2, 0.25) is 0 Å². The number of nitrogens with zero attached hydrogens (tertiary/aromatic N) is 1. The summed E-state index contributed by atoms with van der Waals surface area (Å²) in [6, 6.07) is 36.6. The van der Waals surface area contributed by atoms with Crippen LogP contribution in [-0.4, -0.2) is 13.0 Å². The zero-order valence-electron chi connectivity index (χ0n) is 20.8. The highest BCUT2D eigenvalue weighted by Crippen LogP contribution is 2.29. The fourth-order valence-corrected chi connectivity index (χ4v) is 4.57. The molecule has 0 unspecified atom stereocenters. The lowest BCUT2D eigenvalue weighted by atomic mass is 9.97. The average Bonchev–Trinajstić information content (AvgIpc) is 2.96. The van der Waals surface area contributed by atoms with E-state index in [9.17, 15) is 4.79 Å². The number of pyridine rings is 1. The molecule has 1 N–H and O–H groups in total. The lowest BCUT2D eigenvalue weighted by Crippen LogP contribution is -2.40. The van der Waals surface area contributed by atoms with Gasteiger partial charge in [-0.1, -0.05) is 84.9 Å². The van der Waals surface area contributed by atoms with E-state index in [1.807, 2.05) is 86.0 Å². The van der Waals surface area contributed by atoms with Crippen LogP contribution in [0.4, 0.5) is 0 Å². The van der Waals surface area contributed by atoms with Crippen LogP contribution >= 0.6 is 0 Å². The van der Waals surface area contributed by atoms with Crippen LogP contribution in [0, 0.1) is 0 Å². The van der Waals surface area contributed by atoms with Gasteiger partial charge in [-0.15, -0.1) is 0 Å². The molecule has 5 aromatic rings. The molecule has 5 rings (SSSR count). The van der Waals surface area contributed by atoms with Crippen LogP contribution in [0.25, 0.3) is 33.5 Å². The molecular weight excluding hydrogens is 456 g/mol. The summed E-state index contributed by atoms with van der Waals surface area (Å²) in [7, 11) is 1.90. The smallest absolute Gasteiger partial charge is 0.373 e. The van der Waals surface area contributed by atoms with E-state index in [0.717, 1.165) is 44.1 Å². The van der Waals surface area contributed by atoms with Crippen molar-refractivity contribution in [2.75, 3.05) is 7.05 Å². The van der Waals surface area contributed by atoms with E-state index >= 15 is 0 Å². The third-order valence-corrected chi connectivity index (χ3v) is 6.34. The highest BCUT2D eigenvalue weighted by Gasteiger charge is 2.22. The van der Waals surface area contributed by atoms with Crippen molar-refractivity contribution in [3.63, 3.8) is 0 Å². The number of rotatable bonds is 8. The summed E-state index contributed by atoms with van der Waals surface area (Å²) in [6.07, 6.45) is 6.25. The van der Waals surface area contributed by atoms with Crippen molar-refractivity contribution in [1.29, 1.82) is 0 Å². The first kappa shape index (κ1) is 24.0. The zero-order valence-corrected chi connectivity index (χ0v) is 20.8. The van der Waals surface area contributed by atoms with Crippen molar-refractivity contribution in [2.24, 2.45) is 0 Å². The SMILES string of the molecule is CNC=CC(=Cc1c2ccccc2[n+](CC(=O)OCc2ccccc2)c2ccccc12)c1ccccc1. The normalized spacial score (nSPS) is 11.8. The van der Waals surface area contributed by atoms with Gasteiger partial charge in [0.05, 0.1) is 10.8 Å². The van der Waals surface area contributed by atoms with E-state index < -0.39 is 0 Å². The largest absolute Gasteiger partial charge is 0.456 e. The van der Waals surface area contributed by atoms with E-state index in [-0.39, 0.29) is 19.1 Å². The second-order valence-corrected chi connectivity index (χ2v) is 8.77. The molecule has 0 bridgehead atoms. The summed E-state index contributed by atoms with van der Waals surface area (Å²) in [4.78, 5) is 13.0. The van der Waals surface area contributed by atoms with Crippen molar-refractivity contribution >= 4 is 39.4 Å². The summed E-state index contributed by atoms with van der Waals surface area (Å²) in [6.45, 7) is 0.387. The first-order chi connectivity index (χ1) is 18.2. The third kappa shape index (κ3) is 5.44. The number of fused-ring (bicyclic) bond motifs is 2. The Labute approximate surface area is 217 Å². The van der Waals surface area contributed by atoms with Crippen LogP contribution in [0.5, 0.6) is 0 Å². The minimum absolute atomic E-state index is 0.128. The fourth-order valence-electron chi connectivity index (χ4n) is 4.57. The highest BCUT2D eigenvalue weighted by atomic mass is 16.5. The van der Waals surface area contributed by atoms with Crippen molar-refractivity contribution in [3.8, 4) is 0 Å². The number of esters is 1. The summed E-state index contributed by atoms with van der Waals surface area (Å²) in [5.41, 5.74) is 6.26. The molecule has 4 heteroatoms. The van der Waals surface area contributed by atoms with Gasteiger partial charge >= 0.3 is 5.97 Å². The first-order valence-corrected chi connectivity index (χ1v) is 12.4. The number of ether oxygens (including phenoxy) is 1. The van der Waals surface area contributed by atoms with E-state index in [4.69, 9.17) is 4.74 Å². The Kier molecular flexibility index (Phi) is 7.37. The van der Waals surface area contributed by atoms with E-state index in [0.29, 0.717) is 0 Å². The molecule has 1 aromatic heterocycles. The van der Waals surface area contributed by atoms with Gasteiger partial charge in [-0.2, -0.15) is 4.57 Å². The molecule has 0 radical (unpaired) electrons. The second-order valence-electron chi connectivity index (χ2n) is 8.77. The minimum Gasteiger partial charge on any atom is -0.456 e. The Morgan fingerprint density at radius 2 is 1.35 bits per heavy atom. The number of aromatic nitrogens is 1. The quantitative estimate of drug-likeness (QED) is 0.121. The lowest BCUT2D eigenvalue weighted by Gasteiger charge is -2.11. The van der Waals surface area contributed by atoms with Gasteiger partial charge in [-0.3, -0.25) is 0 Å². The standard InChI is InChI=1S/C33H28N2O2/c1-34-21-20-27(26-14-6-3-7-15-26)22-30-28-16-8-10-18-31(28)35(32-19-11-9-17-29(30)32)23-33(36)37-24-25-12-4-2-5-13-25/h2-22H,23-24H2,1H3/p+1. The van der Waals surface area contributed by atoms with Crippen LogP contribution < -0.4 is 9.88 Å². The van der Waals surface area contributed by atoms with Crippen LogP contribution in [0.3, 0.4) is 0 Å². The number of nitrogens with one attached hydrogen (secondary N) is 1. The summed E-state index contributed by atoms with van der Waals surface area (Å²) < 4.78 is 7.70. The number of carbonyl (C=O) groups is 1. The van der Waals surface area contributed by atoms with Gasteiger partial charge in [0.25, 0.3) is 0 Å². The number of para-hydroxylation sites is 2. The summed E-state index contributed by atoms with van der Waals surface area (Å²) >= 11 is 0. The van der Waals surface area contributed by atoms with Crippen molar-refractivity contribution in [1.82, 2.24) is 5.32 Å². The molecule has 0 spiro atoms. The Morgan fingerprint density at radius 3 is 1.97 bits per heavy atom. The Morgan fingerprint density at radius 1 is 0.784 bits per heavy atom. The topological polar surface area (TPSA) is 42.2 Å². The summed E-state index contributed by atoms with van der Waals surface area (Å²) in [5, 5.41) is 5.25. The molecule has 1 heterocycles. The molecule has 0 aliphatic carbocycles. The van der Waals surface area contributed by atoms with Gasteiger partial charge in [0.2, 0.25) is 17.6 Å². The molecule has 4 nitrogen and oxygen atoms in total. The van der Waals surface area contributed by atoms with Gasteiger partial charge in [0.1, 0.15) is 6.61 Å². The molecule has 0 fully saturated rings. The zero-order chi connectivity index (χ0) is 25.5. The van der Waals surface area contributed by atoms with Gasteiger partial charge in [0, 0.05) is 24.7 Å². The maximum atomic E-state index is 13.0.